The van der Waals surface area contributed by atoms with Crippen LogP contribution in [0.1, 0.15) is 24.8 Å². The van der Waals surface area contributed by atoms with E-state index >= 15 is 0 Å². The summed E-state index contributed by atoms with van der Waals surface area (Å²) in [7, 11) is 0. The van der Waals surface area contributed by atoms with Gasteiger partial charge in [-0.2, -0.15) is 11.3 Å². The lowest BCUT2D eigenvalue weighted by atomic mass is 10.1. The van der Waals surface area contributed by atoms with Crippen LogP contribution in [0.5, 0.6) is 0 Å². The van der Waals surface area contributed by atoms with Crippen LogP contribution in [-0.4, -0.2) is 6.04 Å². The molecule has 0 saturated heterocycles. The van der Waals surface area contributed by atoms with E-state index in [4.69, 9.17) is 5.73 Å². The van der Waals surface area contributed by atoms with Crippen molar-refractivity contribution in [3.8, 4) is 0 Å². The largest absolute Gasteiger partial charge is 0.328 e. The Labute approximate surface area is 71.2 Å². The van der Waals surface area contributed by atoms with Crippen LogP contribution in [0.2, 0.25) is 0 Å². The third-order valence-corrected chi connectivity index (χ3v) is 3.19. The van der Waals surface area contributed by atoms with Gasteiger partial charge in [-0.25, -0.2) is 0 Å². The molecule has 0 unspecified atom stereocenters. The van der Waals surface area contributed by atoms with Crippen molar-refractivity contribution in [3.05, 3.63) is 22.4 Å². The Morgan fingerprint density at radius 1 is 1.73 bits per heavy atom. The first-order chi connectivity index (χ1) is 5.29. The highest BCUT2D eigenvalue weighted by molar-refractivity contribution is 7.08. The van der Waals surface area contributed by atoms with E-state index in [0.29, 0.717) is 6.04 Å². The second kappa shape index (κ2) is 2.61. The van der Waals surface area contributed by atoms with Gasteiger partial charge in [-0.1, -0.05) is 0 Å². The SMILES string of the molecule is C[C@H](N)[C@H]1C[C@@H]1c1ccsc1. The lowest BCUT2D eigenvalue weighted by molar-refractivity contribution is 0.632. The molecular weight excluding hydrogens is 154 g/mol. The number of nitrogens with two attached hydrogens (primary N) is 1. The predicted molar refractivity (Wildman–Crippen MR) is 48.8 cm³/mol. The first kappa shape index (κ1) is 7.32. The van der Waals surface area contributed by atoms with Gasteiger partial charge in [0.15, 0.2) is 0 Å². The highest BCUT2D eigenvalue weighted by atomic mass is 32.1. The molecule has 2 heteroatoms. The minimum Gasteiger partial charge on any atom is -0.328 e. The molecule has 1 aliphatic carbocycles. The van der Waals surface area contributed by atoms with Gasteiger partial charge >= 0.3 is 0 Å². The second-order valence-corrected chi connectivity index (χ2v) is 4.20. The molecule has 1 heterocycles. The predicted octanol–water partition coefficient (Wildman–Crippen LogP) is 2.20. The zero-order chi connectivity index (χ0) is 7.84. The van der Waals surface area contributed by atoms with E-state index in [-0.39, 0.29) is 0 Å². The molecule has 1 fully saturated rings. The molecule has 0 aromatic carbocycles. The van der Waals surface area contributed by atoms with Crippen molar-refractivity contribution in [2.24, 2.45) is 11.7 Å². The first-order valence-electron chi connectivity index (χ1n) is 4.06. The zero-order valence-corrected chi connectivity index (χ0v) is 7.47. The summed E-state index contributed by atoms with van der Waals surface area (Å²) in [4.78, 5) is 0. The zero-order valence-electron chi connectivity index (χ0n) is 6.66. The number of hydrogen-bond donors (Lipinski definition) is 1. The molecule has 2 rings (SSSR count). The van der Waals surface area contributed by atoms with Gasteiger partial charge in [-0.15, -0.1) is 0 Å². The van der Waals surface area contributed by atoms with E-state index in [9.17, 15) is 0 Å². The molecule has 1 saturated carbocycles. The van der Waals surface area contributed by atoms with Crippen LogP contribution in [0.3, 0.4) is 0 Å². The van der Waals surface area contributed by atoms with E-state index in [0.717, 1.165) is 11.8 Å². The molecule has 60 valence electrons. The molecule has 2 N–H and O–H groups in total. The fraction of sp³-hybridized carbons (Fsp3) is 0.556. The van der Waals surface area contributed by atoms with Gasteiger partial charge in [0.1, 0.15) is 0 Å². The maximum Gasteiger partial charge on any atom is 0.00448 e. The normalized spacial score (nSPS) is 31.8. The topological polar surface area (TPSA) is 26.0 Å². The molecule has 0 spiro atoms. The van der Waals surface area contributed by atoms with E-state index in [1.165, 1.54) is 12.0 Å². The number of hydrogen-bond acceptors (Lipinski definition) is 2. The van der Waals surface area contributed by atoms with E-state index in [1.807, 2.05) is 0 Å². The Bertz CT molecular complexity index is 228. The molecular formula is C9H13NS. The molecule has 3 atom stereocenters. The summed E-state index contributed by atoms with van der Waals surface area (Å²) in [5, 5.41) is 4.39. The maximum absolute atomic E-state index is 5.80. The van der Waals surface area contributed by atoms with Crippen LogP contribution < -0.4 is 5.73 Å². The quantitative estimate of drug-likeness (QED) is 0.718. The van der Waals surface area contributed by atoms with E-state index in [1.54, 1.807) is 11.3 Å². The van der Waals surface area contributed by atoms with Crippen LogP contribution in [0.25, 0.3) is 0 Å². The van der Waals surface area contributed by atoms with Gasteiger partial charge in [-0.05, 0) is 47.6 Å². The van der Waals surface area contributed by atoms with Gasteiger partial charge in [-0.3, -0.25) is 0 Å². The molecule has 1 aliphatic rings. The van der Waals surface area contributed by atoms with Crippen molar-refractivity contribution in [2.45, 2.75) is 25.3 Å². The summed E-state index contributed by atoms with van der Waals surface area (Å²) in [5.41, 5.74) is 7.30. The Hall–Kier alpha value is -0.340. The van der Waals surface area contributed by atoms with E-state index in [2.05, 4.69) is 23.8 Å². The minimum absolute atomic E-state index is 0.375. The highest BCUT2D eigenvalue weighted by Gasteiger charge is 2.40. The Morgan fingerprint density at radius 3 is 3.00 bits per heavy atom. The van der Waals surface area contributed by atoms with Crippen molar-refractivity contribution in [1.82, 2.24) is 0 Å². The Morgan fingerprint density at radius 2 is 2.55 bits per heavy atom. The smallest absolute Gasteiger partial charge is 0.00448 e. The highest BCUT2D eigenvalue weighted by Crippen LogP contribution is 2.49. The van der Waals surface area contributed by atoms with Crippen molar-refractivity contribution in [1.29, 1.82) is 0 Å². The number of thiophene rings is 1. The molecule has 0 aliphatic heterocycles. The van der Waals surface area contributed by atoms with Gasteiger partial charge < -0.3 is 5.73 Å². The second-order valence-electron chi connectivity index (χ2n) is 3.42. The summed E-state index contributed by atoms with van der Waals surface area (Å²) >= 11 is 1.78. The molecule has 0 bridgehead atoms. The van der Waals surface area contributed by atoms with Crippen molar-refractivity contribution >= 4 is 11.3 Å². The molecule has 1 aromatic heterocycles. The summed E-state index contributed by atoms with van der Waals surface area (Å²) in [6.07, 6.45) is 1.30. The van der Waals surface area contributed by atoms with Crippen LogP contribution >= 0.6 is 11.3 Å². The van der Waals surface area contributed by atoms with Gasteiger partial charge in [0, 0.05) is 6.04 Å². The third-order valence-electron chi connectivity index (χ3n) is 2.49. The minimum atomic E-state index is 0.375. The van der Waals surface area contributed by atoms with Crippen molar-refractivity contribution in [2.75, 3.05) is 0 Å². The Balaban J connectivity index is 2.02. The van der Waals surface area contributed by atoms with Crippen LogP contribution in [0.4, 0.5) is 0 Å². The van der Waals surface area contributed by atoms with Crippen LogP contribution in [-0.2, 0) is 0 Å². The monoisotopic (exact) mass is 167 g/mol. The summed E-state index contributed by atoms with van der Waals surface area (Å²) < 4.78 is 0. The average molecular weight is 167 g/mol. The number of rotatable bonds is 2. The fourth-order valence-corrected chi connectivity index (χ4v) is 2.39. The van der Waals surface area contributed by atoms with Gasteiger partial charge in [0.25, 0.3) is 0 Å². The maximum atomic E-state index is 5.80. The lowest BCUT2D eigenvalue weighted by Gasteiger charge is -2.00. The van der Waals surface area contributed by atoms with Crippen molar-refractivity contribution < 1.29 is 0 Å². The first-order valence-corrected chi connectivity index (χ1v) is 5.01. The average Bonchev–Trinajstić information content (AvgIpc) is 2.60. The molecule has 0 amide bonds. The van der Waals surface area contributed by atoms with Gasteiger partial charge in [0.05, 0.1) is 0 Å². The third kappa shape index (κ3) is 1.33. The summed E-state index contributed by atoms with van der Waals surface area (Å²) in [6.45, 7) is 2.11. The molecule has 1 nitrogen and oxygen atoms in total. The fourth-order valence-electron chi connectivity index (χ4n) is 1.66. The molecule has 1 aromatic rings. The Kier molecular flexibility index (Phi) is 1.74. The summed E-state index contributed by atoms with van der Waals surface area (Å²) in [6, 6.07) is 2.59. The van der Waals surface area contributed by atoms with Crippen LogP contribution in [0.15, 0.2) is 16.8 Å². The van der Waals surface area contributed by atoms with Crippen LogP contribution in [0, 0.1) is 5.92 Å². The van der Waals surface area contributed by atoms with Gasteiger partial charge in [0.2, 0.25) is 0 Å². The lowest BCUT2D eigenvalue weighted by Crippen LogP contribution is -2.17. The standard InChI is InChI=1S/C9H13NS/c1-6(10)8-4-9(8)7-2-3-11-5-7/h2-3,5-6,8-9H,4,10H2,1H3/t6-,8+,9+/m0/s1. The van der Waals surface area contributed by atoms with Crippen molar-refractivity contribution in [3.63, 3.8) is 0 Å². The molecule has 0 radical (unpaired) electrons. The summed E-state index contributed by atoms with van der Waals surface area (Å²) in [5.74, 6) is 1.53. The van der Waals surface area contributed by atoms with E-state index < -0.39 is 0 Å². The molecule has 11 heavy (non-hydrogen) atoms.